The highest BCUT2D eigenvalue weighted by molar-refractivity contribution is 7.92. The van der Waals surface area contributed by atoms with Gasteiger partial charge in [-0.1, -0.05) is 30.3 Å². The first kappa shape index (κ1) is 22.6. The molecule has 9 heteroatoms. The van der Waals surface area contributed by atoms with Crippen LogP contribution in [-0.4, -0.2) is 40.3 Å². The Morgan fingerprint density at radius 3 is 2.62 bits per heavy atom. The third-order valence-electron chi connectivity index (χ3n) is 3.95. The zero-order valence-electron chi connectivity index (χ0n) is 16.4. The number of methoxy groups -OCH3 is 1. The van der Waals surface area contributed by atoms with E-state index in [1.807, 2.05) is 0 Å². The summed E-state index contributed by atoms with van der Waals surface area (Å²) in [5.41, 5.74) is 0.730. The molecule has 0 aliphatic heterocycles. The van der Waals surface area contributed by atoms with Crippen molar-refractivity contribution in [2.45, 2.75) is 13.0 Å². The molecule has 0 heterocycles. The van der Waals surface area contributed by atoms with Crippen LogP contribution < -0.4 is 19.1 Å². The molecule has 0 saturated heterocycles. The van der Waals surface area contributed by atoms with Crippen molar-refractivity contribution in [3.8, 4) is 11.5 Å². The molecule has 1 amide bonds. The predicted molar refractivity (Wildman–Crippen MR) is 116 cm³/mol. The van der Waals surface area contributed by atoms with Gasteiger partial charge in [0.2, 0.25) is 15.9 Å². The van der Waals surface area contributed by atoms with Crippen molar-refractivity contribution in [2.75, 3.05) is 29.6 Å². The SMILES string of the molecule is C=CCOc1cccc(NC(=O)[C@@H](C)N(c2ccc(OC)c(Cl)c2)S(C)(=O)=O)c1. The number of carbonyl (C=O) groups is 1. The molecule has 29 heavy (non-hydrogen) atoms. The molecule has 2 aromatic carbocycles. The Labute approximate surface area is 175 Å². The Morgan fingerprint density at radius 1 is 1.31 bits per heavy atom. The van der Waals surface area contributed by atoms with Gasteiger partial charge in [0.25, 0.3) is 0 Å². The fraction of sp³-hybridized carbons (Fsp3) is 0.250. The minimum absolute atomic E-state index is 0.235. The van der Waals surface area contributed by atoms with Gasteiger partial charge in [0.1, 0.15) is 24.1 Å². The summed E-state index contributed by atoms with van der Waals surface area (Å²) in [5.74, 6) is 0.442. The van der Waals surface area contributed by atoms with E-state index in [-0.39, 0.29) is 10.7 Å². The lowest BCUT2D eigenvalue weighted by atomic mass is 10.2. The van der Waals surface area contributed by atoms with Crippen LogP contribution >= 0.6 is 11.6 Å². The van der Waals surface area contributed by atoms with Gasteiger partial charge >= 0.3 is 0 Å². The molecule has 1 N–H and O–H groups in total. The van der Waals surface area contributed by atoms with E-state index in [2.05, 4.69) is 11.9 Å². The van der Waals surface area contributed by atoms with Crippen LogP contribution in [0.3, 0.4) is 0 Å². The summed E-state index contributed by atoms with van der Waals surface area (Å²) < 4.78 is 36.4. The number of sulfonamides is 1. The minimum Gasteiger partial charge on any atom is -0.495 e. The summed E-state index contributed by atoms with van der Waals surface area (Å²) in [5, 5.41) is 2.94. The highest BCUT2D eigenvalue weighted by Gasteiger charge is 2.29. The van der Waals surface area contributed by atoms with Crippen molar-refractivity contribution in [2.24, 2.45) is 0 Å². The maximum Gasteiger partial charge on any atom is 0.247 e. The van der Waals surface area contributed by atoms with Crippen molar-refractivity contribution >= 4 is 38.9 Å². The highest BCUT2D eigenvalue weighted by atomic mass is 35.5. The van der Waals surface area contributed by atoms with Crippen LogP contribution in [0.5, 0.6) is 11.5 Å². The number of benzene rings is 2. The van der Waals surface area contributed by atoms with Crippen LogP contribution in [0.4, 0.5) is 11.4 Å². The first-order chi connectivity index (χ1) is 13.7. The summed E-state index contributed by atoms with van der Waals surface area (Å²) in [4.78, 5) is 12.8. The Hall–Kier alpha value is -2.71. The predicted octanol–water partition coefficient (Wildman–Crippen LogP) is 3.71. The van der Waals surface area contributed by atoms with E-state index in [0.29, 0.717) is 23.8 Å². The molecular formula is C20H23ClN2O5S. The molecule has 0 unspecified atom stereocenters. The minimum atomic E-state index is -3.77. The van der Waals surface area contributed by atoms with Crippen molar-refractivity contribution in [1.82, 2.24) is 0 Å². The molecule has 0 fully saturated rings. The van der Waals surface area contributed by atoms with Gasteiger partial charge in [-0.2, -0.15) is 0 Å². The largest absolute Gasteiger partial charge is 0.495 e. The standard InChI is InChI=1S/C20H23ClN2O5S/c1-5-11-28-17-8-6-7-15(12-17)22-20(24)14(2)23(29(4,25)26)16-9-10-19(27-3)18(21)13-16/h5-10,12-14H,1,11H2,2-4H3,(H,22,24)/t14-/m1/s1. The second-order valence-corrected chi connectivity index (χ2v) is 8.44. The number of hydrogen-bond donors (Lipinski definition) is 1. The fourth-order valence-corrected chi connectivity index (χ4v) is 4.09. The highest BCUT2D eigenvalue weighted by Crippen LogP contribution is 2.31. The lowest BCUT2D eigenvalue weighted by Crippen LogP contribution is -2.45. The summed E-state index contributed by atoms with van der Waals surface area (Å²) in [6.45, 7) is 5.40. The number of carbonyl (C=O) groups excluding carboxylic acids is 1. The molecule has 0 radical (unpaired) electrons. The van der Waals surface area contributed by atoms with Gasteiger partial charge in [0, 0.05) is 11.8 Å². The Balaban J connectivity index is 2.28. The monoisotopic (exact) mass is 438 g/mol. The Bertz CT molecular complexity index is 994. The van der Waals surface area contributed by atoms with Gasteiger partial charge in [-0.15, -0.1) is 0 Å². The summed E-state index contributed by atoms with van der Waals surface area (Å²) in [6, 6.07) is 10.3. The summed E-state index contributed by atoms with van der Waals surface area (Å²) >= 11 is 6.13. The average molecular weight is 439 g/mol. The second-order valence-electron chi connectivity index (χ2n) is 6.17. The van der Waals surface area contributed by atoms with Crippen LogP contribution in [0.2, 0.25) is 5.02 Å². The molecule has 0 bridgehead atoms. The molecule has 156 valence electrons. The van der Waals surface area contributed by atoms with E-state index in [9.17, 15) is 13.2 Å². The number of amides is 1. The third kappa shape index (κ3) is 5.88. The maximum atomic E-state index is 12.8. The van der Waals surface area contributed by atoms with Crippen LogP contribution in [0.1, 0.15) is 6.92 Å². The molecule has 0 aliphatic rings. The quantitative estimate of drug-likeness (QED) is 0.603. The molecular weight excluding hydrogens is 416 g/mol. The van der Waals surface area contributed by atoms with Crippen LogP contribution in [0.15, 0.2) is 55.1 Å². The zero-order valence-corrected chi connectivity index (χ0v) is 18.0. The van der Waals surface area contributed by atoms with Crippen LogP contribution in [0, 0.1) is 0 Å². The Kier molecular flexibility index (Phi) is 7.53. The molecule has 0 saturated carbocycles. The van der Waals surface area contributed by atoms with E-state index < -0.39 is 22.0 Å². The first-order valence-electron chi connectivity index (χ1n) is 8.65. The van der Waals surface area contributed by atoms with Crippen molar-refractivity contribution in [3.63, 3.8) is 0 Å². The maximum absolute atomic E-state index is 12.8. The van der Waals surface area contributed by atoms with Crippen molar-refractivity contribution in [1.29, 1.82) is 0 Å². The molecule has 0 aliphatic carbocycles. The molecule has 2 aromatic rings. The number of nitrogens with zero attached hydrogens (tertiary/aromatic N) is 1. The number of nitrogens with one attached hydrogen (secondary N) is 1. The third-order valence-corrected chi connectivity index (χ3v) is 5.48. The van der Waals surface area contributed by atoms with Crippen LogP contribution in [0.25, 0.3) is 0 Å². The van der Waals surface area contributed by atoms with Gasteiger partial charge in [0.05, 0.1) is 24.1 Å². The zero-order chi connectivity index (χ0) is 21.6. The smallest absolute Gasteiger partial charge is 0.247 e. The topological polar surface area (TPSA) is 84.9 Å². The van der Waals surface area contributed by atoms with Crippen molar-refractivity contribution in [3.05, 3.63) is 60.1 Å². The van der Waals surface area contributed by atoms with Crippen molar-refractivity contribution < 1.29 is 22.7 Å². The van der Waals surface area contributed by atoms with Gasteiger partial charge in [0.15, 0.2) is 0 Å². The number of rotatable bonds is 9. The fourth-order valence-electron chi connectivity index (χ4n) is 2.67. The second kappa shape index (κ2) is 9.67. The van der Waals surface area contributed by atoms with Gasteiger partial charge in [-0.3, -0.25) is 9.10 Å². The first-order valence-corrected chi connectivity index (χ1v) is 10.9. The van der Waals surface area contributed by atoms with E-state index in [4.69, 9.17) is 21.1 Å². The number of halogens is 1. The van der Waals surface area contributed by atoms with Gasteiger partial charge in [-0.05, 0) is 37.3 Å². The molecule has 7 nitrogen and oxygen atoms in total. The van der Waals surface area contributed by atoms with Crippen LogP contribution in [-0.2, 0) is 14.8 Å². The van der Waals surface area contributed by atoms with E-state index in [0.717, 1.165) is 10.6 Å². The van der Waals surface area contributed by atoms with Gasteiger partial charge < -0.3 is 14.8 Å². The van der Waals surface area contributed by atoms with Gasteiger partial charge in [-0.25, -0.2) is 8.42 Å². The molecule has 2 rings (SSSR count). The lowest BCUT2D eigenvalue weighted by Gasteiger charge is -2.28. The van der Waals surface area contributed by atoms with E-state index >= 15 is 0 Å². The molecule has 1 atom stereocenters. The Morgan fingerprint density at radius 2 is 2.03 bits per heavy atom. The van der Waals surface area contributed by atoms with E-state index in [1.165, 1.54) is 26.2 Å². The molecule has 0 spiro atoms. The normalized spacial score (nSPS) is 12.0. The number of ether oxygens (including phenoxy) is 2. The number of anilines is 2. The molecule has 0 aromatic heterocycles. The number of hydrogen-bond acceptors (Lipinski definition) is 5. The summed E-state index contributed by atoms with van der Waals surface area (Å²) in [7, 11) is -2.32. The van der Waals surface area contributed by atoms with E-state index in [1.54, 1.807) is 36.4 Å². The lowest BCUT2D eigenvalue weighted by molar-refractivity contribution is -0.116. The average Bonchev–Trinajstić information content (AvgIpc) is 2.65. The summed E-state index contributed by atoms with van der Waals surface area (Å²) in [6.07, 6.45) is 2.63.